The standard InChI is InChI=1S/C18H18ClF5N2O2/c1-4-26-16(14(19)15(25-26)17(27)28-5-2)13-11(20)7-10(8-12(13)21)6-9(3)18(22,23)24/h7-9H,4-6H2,1-3H3. The van der Waals surface area contributed by atoms with Crippen LogP contribution in [-0.4, -0.2) is 28.5 Å². The largest absolute Gasteiger partial charge is 0.461 e. The van der Waals surface area contributed by atoms with Gasteiger partial charge in [0.2, 0.25) is 0 Å². The van der Waals surface area contributed by atoms with Crippen LogP contribution in [0.5, 0.6) is 0 Å². The second kappa shape index (κ2) is 8.46. The summed E-state index contributed by atoms with van der Waals surface area (Å²) in [7, 11) is 0. The number of alkyl halides is 3. The Hall–Kier alpha value is -2.16. The number of carbonyl (C=O) groups is 1. The molecule has 0 spiro atoms. The molecule has 154 valence electrons. The van der Waals surface area contributed by atoms with Crippen LogP contribution in [0.1, 0.15) is 36.8 Å². The fourth-order valence-electron chi connectivity index (χ4n) is 2.68. The van der Waals surface area contributed by atoms with Crippen molar-refractivity contribution in [3.05, 3.63) is 40.0 Å². The number of esters is 1. The molecule has 0 aliphatic heterocycles. The van der Waals surface area contributed by atoms with Crippen LogP contribution in [0.2, 0.25) is 5.02 Å². The van der Waals surface area contributed by atoms with Crippen molar-refractivity contribution in [2.24, 2.45) is 5.92 Å². The number of aromatic nitrogens is 2. The minimum Gasteiger partial charge on any atom is -0.461 e. The lowest BCUT2D eigenvalue weighted by Crippen LogP contribution is -2.22. The Balaban J connectivity index is 2.53. The van der Waals surface area contributed by atoms with Gasteiger partial charge in [-0.05, 0) is 38.0 Å². The Morgan fingerprint density at radius 2 is 1.82 bits per heavy atom. The Bertz CT molecular complexity index is 857. The zero-order valence-corrected chi connectivity index (χ0v) is 16.1. The van der Waals surface area contributed by atoms with Crippen LogP contribution in [0, 0.1) is 17.6 Å². The molecule has 1 aromatic carbocycles. The molecule has 2 rings (SSSR count). The quantitative estimate of drug-likeness (QED) is 0.459. The van der Waals surface area contributed by atoms with Crippen LogP contribution >= 0.6 is 11.6 Å². The van der Waals surface area contributed by atoms with Gasteiger partial charge in [-0.15, -0.1) is 0 Å². The average molecular weight is 425 g/mol. The van der Waals surface area contributed by atoms with E-state index in [2.05, 4.69) is 5.10 Å². The highest BCUT2D eigenvalue weighted by Gasteiger charge is 2.36. The molecule has 28 heavy (non-hydrogen) atoms. The van der Waals surface area contributed by atoms with Crippen molar-refractivity contribution in [2.75, 3.05) is 6.61 Å². The number of ether oxygens (including phenoxy) is 1. The molecule has 0 fully saturated rings. The van der Waals surface area contributed by atoms with Crippen molar-refractivity contribution in [1.29, 1.82) is 0 Å². The van der Waals surface area contributed by atoms with Gasteiger partial charge in [-0.25, -0.2) is 13.6 Å². The molecule has 1 heterocycles. The van der Waals surface area contributed by atoms with Gasteiger partial charge in [0, 0.05) is 6.54 Å². The van der Waals surface area contributed by atoms with Crippen molar-refractivity contribution in [3.8, 4) is 11.3 Å². The van der Waals surface area contributed by atoms with E-state index in [-0.39, 0.29) is 35.1 Å². The first-order valence-electron chi connectivity index (χ1n) is 8.49. The molecule has 1 aromatic heterocycles. The molecular weight excluding hydrogens is 407 g/mol. The van der Waals surface area contributed by atoms with Crippen LogP contribution < -0.4 is 0 Å². The summed E-state index contributed by atoms with van der Waals surface area (Å²) < 4.78 is 73.4. The van der Waals surface area contributed by atoms with Crippen molar-refractivity contribution in [3.63, 3.8) is 0 Å². The zero-order valence-electron chi connectivity index (χ0n) is 15.3. The van der Waals surface area contributed by atoms with E-state index in [0.717, 1.165) is 23.7 Å². The molecule has 0 bridgehead atoms. The fourth-order valence-corrected chi connectivity index (χ4v) is 2.98. The second-order valence-electron chi connectivity index (χ2n) is 6.13. The van der Waals surface area contributed by atoms with E-state index in [1.54, 1.807) is 13.8 Å². The predicted octanol–water partition coefficient (Wildman–Crippen LogP) is 5.42. The summed E-state index contributed by atoms with van der Waals surface area (Å²) in [5.41, 5.74) is -1.20. The zero-order chi connectivity index (χ0) is 21.2. The van der Waals surface area contributed by atoms with Gasteiger partial charge in [0.05, 0.1) is 23.8 Å². The minimum atomic E-state index is -4.48. The molecule has 2 aromatic rings. The van der Waals surface area contributed by atoms with Gasteiger partial charge >= 0.3 is 12.1 Å². The van der Waals surface area contributed by atoms with Crippen molar-refractivity contribution in [2.45, 2.75) is 39.9 Å². The minimum absolute atomic E-state index is 0.0539. The number of hydrogen-bond acceptors (Lipinski definition) is 3. The highest BCUT2D eigenvalue weighted by molar-refractivity contribution is 6.35. The van der Waals surface area contributed by atoms with Gasteiger partial charge in [-0.2, -0.15) is 18.3 Å². The fraction of sp³-hybridized carbons (Fsp3) is 0.444. The molecular formula is C18H18ClF5N2O2. The maximum Gasteiger partial charge on any atom is 0.391 e. The average Bonchev–Trinajstić information content (AvgIpc) is 2.90. The molecule has 1 unspecified atom stereocenters. The van der Waals surface area contributed by atoms with Crippen molar-refractivity contribution >= 4 is 17.6 Å². The van der Waals surface area contributed by atoms with Crippen LogP contribution in [0.25, 0.3) is 11.3 Å². The maximum absolute atomic E-state index is 14.7. The molecule has 0 radical (unpaired) electrons. The van der Waals surface area contributed by atoms with E-state index < -0.39 is 41.7 Å². The number of carbonyl (C=O) groups excluding carboxylic acids is 1. The Morgan fingerprint density at radius 3 is 2.29 bits per heavy atom. The molecule has 0 saturated carbocycles. The van der Waals surface area contributed by atoms with E-state index >= 15 is 0 Å². The summed E-state index contributed by atoms with van der Waals surface area (Å²) in [6.07, 6.45) is -5.06. The van der Waals surface area contributed by atoms with Gasteiger partial charge in [-0.3, -0.25) is 4.68 Å². The van der Waals surface area contributed by atoms with Crippen LogP contribution in [0.3, 0.4) is 0 Å². The first-order valence-corrected chi connectivity index (χ1v) is 8.87. The van der Waals surface area contributed by atoms with Gasteiger partial charge in [-0.1, -0.05) is 18.5 Å². The third-order valence-corrected chi connectivity index (χ3v) is 4.46. The second-order valence-corrected chi connectivity index (χ2v) is 6.51. The summed E-state index contributed by atoms with van der Waals surface area (Å²) in [6.45, 7) is 4.32. The van der Waals surface area contributed by atoms with Crippen LogP contribution in [0.4, 0.5) is 22.0 Å². The van der Waals surface area contributed by atoms with E-state index in [4.69, 9.17) is 16.3 Å². The molecule has 0 amide bonds. The van der Waals surface area contributed by atoms with Crippen molar-refractivity contribution in [1.82, 2.24) is 9.78 Å². The van der Waals surface area contributed by atoms with Crippen molar-refractivity contribution < 1.29 is 31.5 Å². The van der Waals surface area contributed by atoms with Gasteiger partial charge in [0.25, 0.3) is 0 Å². The normalized spacial score (nSPS) is 12.9. The summed E-state index contributed by atoms with van der Waals surface area (Å²) in [4.78, 5) is 11.9. The van der Waals surface area contributed by atoms with Gasteiger partial charge in [0.15, 0.2) is 5.69 Å². The van der Waals surface area contributed by atoms with E-state index in [1.807, 2.05) is 0 Å². The van der Waals surface area contributed by atoms with Crippen LogP contribution in [-0.2, 0) is 17.7 Å². The predicted molar refractivity (Wildman–Crippen MR) is 93.1 cm³/mol. The Labute approximate surface area is 163 Å². The molecule has 0 N–H and O–H groups in total. The lowest BCUT2D eigenvalue weighted by molar-refractivity contribution is -0.169. The lowest BCUT2D eigenvalue weighted by atomic mass is 9.98. The monoisotopic (exact) mass is 424 g/mol. The SMILES string of the molecule is CCOC(=O)c1nn(CC)c(-c2c(F)cc(CC(C)C(F)(F)F)cc2F)c1Cl. The number of aryl methyl sites for hydroxylation is 1. The summed E-state index contributed by atoms with van der Waals surface area (Å²) in [6, 6.07) is 1.65. The molecule has 0 aliphatic rings. The topological polar surface area (TPSA) is 44.1 Å². The molecule has 0 saturated heterocycles. The van der Waals surface area contributed by atoms with Crippen LogP contribution in [0.15, 0.2) is 12.1 Å². The molecule has 4 nitrogen and oxygen atoms in total. The number of hydrogen-bond donors (Lipinski definition) is 0. The lowest BCUT2D eigenvalue weighted by Gasteiger charge is -2.16. The first-order chi connectivity index (χ1) is 13.0. The highest BCUT2D eigenvalue weighted by Crippen LogP contribution is 2.36. The first kappa shape index (κ1) is 22.1. The summed E-state index contributed by atoms with van der Waals surface area (Å²) in [5.74, 6) is -4.82. The molecule has 1 atom stereocenters. The smallest absolute Gasteiger partial charge is 0.391 e. The van der Waals surface area contributed by atoms with Gasteiger partial charge < -0.3 is 4.74 Å². The third kappa shape index (κ3) is 4.45. The van der Waals surface area contributed by atoms with Gasteiger partial charge in [0.1, 0.15) is 16.7 Å². The van der Waals surface area contributed by atoms with E-state index in [1.165, 1.54) is 0 Å². The van der Waals surface area contributed by atoms with E-state index in [9.17, 15) is 26.7 Å². The maximum atomic E-state index is 14.7. The number of rotatable bonds is 6. The Kier molecular flexibility index (Phi) is 6.69. The molecule has 0 aliphatic carbocycles. The number of halogens is 6. The Morgan fingerprint density at radius 1 is 1.25 bits per heavy atom. The molecule has 10 heteroatoms. The number of nitrogens with zero attached hydrogens (tertiary/aromatic N) is 2. The summed E-state index contributed by atoms with van der Waals surface area (Å²) >= 11 is 6.14. The summed E-state index contributed by atoms with van der Waals surface area (Å²) in [5, 5.41) is 3.64. The van der Waals surface area contributed by atoms with E-state index in [0.29, 0.717) is 0 Å². The number of benzene rings is 1. The third-order valence-electron chi connectivity index (χ3n) is 4.10. The highest BCUT2D eigenvalue weighted by atomic mass is 35.5.